The Balaban J connectivity index is -0.0000000267. The Hall–Kier alpha value is 2.12. The molecule has 0 aromatic carbocycles. The molecule has 8 heteroatoms. The van der Waals surface area contributed by atoms with Crippen molar-refractivity contribution in [2.24, 2.45) is 0 Å². The number of hydrogen-bond donors (Lipinski definition) is 0. The maximum Gasteiger partial charge on any atom is 4.00 e. The minimum Gasteiger partial charge on any atom is -0.822 e. The van der Waals surface area contributed by atoms with Crippen molar-refractivity contribution in [3.63, 3.8) is 0 Å². The zero-order chi connectivity index (χ0) is 4.50. The molecule has 8 heavy (non-hydrogen) atoms. The molecule has 0 saturated carbocycles. The molecular weight excluding hydrogens is 220 g/mol. The van der Waals surface area contributed by atoms with Gasteiger partial charge >= 0.3 is 62.4 Å². The van der Waals surface area contributed by atoms with E-state index in [0.29, 0.717) is 0 Å². The van der Waals surface area contributed by atoms with E-state index in [0.717, 1.165) is 0 Å². The predicted molar refractivity (Wildman–Crippen MR) is 13.4 cm³/mol. The molecule has 0 heterocycles. The van der Waals surface area contributed by atoms with Gasteiger partial charge in [-0.3, -0.25) is 0 Å². The van der Waals surface area contributed by atoms with Crippen LogP contribution in [0.4, 0.5) is 0 Å². The summed E-state index contributed by atoms with van der Waals surface area (Å²) in [5.74, 6) is 0. The fourth-order valence-electron chi connectivity index (χ4n) is 0. The smallest absolute Gasteiger partial charge is 0.822 e. The topological polar surface area (TPSA) is 86.2 Å². The van der Waals surface area contributed by atoms with Crippen LogP contribution in [0.2, 0.25) is 0 Å². The summed E-state index contributed by atoms with van der Waals surface area (Å²) in [5, 5.41) is 0. The monoisotopic (exact) mass is 219 g/mol. The summed E-state index contributed by atoms with van der Waals surface area (Å²) >= 11 is 0. The van der Waals surface area contributed by atoms with Crippen LogP contribution in [0.15, 0.2) is 0 Å². The van der Waals surface area contributed by atoms with Crippen molar-refractivity contribution in [1.82, 2.24) is 0 Å². The third-order valence-corrected chi connectivity index (χ3v) is 0. The summed E-state index contributed by atoms with van der Waals surface area (Å²) in [5.41, 5.74) is 0. The van der Waals surface area contributed by atoms with E-state index in [-0.39, 0.29) is 62.4 Å². The Morgan fingerprint density at radius 2 is 1.12 bits per heavy atom. The van der Waals surface area contributed by atoms with Crippen LogP contribution in [0, 0.1) is 0 Å². The van der Waals surface area contributed by atoms with E-state index in [1.807, 2.05) is 0 Å². The van der Waals surface area contributed by atoms with Crippen LogP contribution in [0.5, 0.6) is 0 Å². The van der Waals surface area contributed by atoms with Gasteiger partial charge in [0.05, 0.1) is 0 Å². The molecule has 0 aromatic rings. The summed E-state index contributed by atoms with van der Waals surface area (Å²) in [7, 11) is -5.39. The zero-order valence-corrected chi connectivity index (χ0v) is 8.66. The second-order valence-corrected chi connectivity index (χ2v) is 1.34. The molecule has 0 radical (unpaired) electrons. The van der Waals surface area contributed by atoms with Crippen molar-refractivity contribution in [3.05, 3.63) is 0 Å². The van der Waals surface area contributed by atoms with E-state index >= 15 is 0 Å². The SMILES string of the molecule is O=P([O-])([O-])[O-].[Al+3].[Li+].[Zr+4]. The number of hydrogen-bond acceptors (Lipinski definition) is 4. The standard InChI is InChI=1S/Al.Li.H3O4P.Zr/c;;1-5(2,3)4;/h;;(H3,1,2,3,4);/q+3;+1;;+4/p-3. The van der Waals surface area contributed by atoms with Gasteiger partial charge in [0, 0.05) is 0 Å². The van der Waals surface area contributed by atoms with Gasteiger partial charge < -0.3 is 19.2 Å². The molecule has 0 aliphatic carbocycles. The third kappa shape index (κ3) is 91.4. The molecular formula is AlLiO4PZr+5. The van der Waals surface area contributed by atoms with Gasteiger partial charge in [-0.15, -0.1) is 0 Å². The van der Waals surface area contributed by atoms with Crippen LogP contribution in [0.1, 0.15) is 0 Å². The first-order chi connectivity index (χ1) is 2.00. The molecule has 0 unspecified atom stereocenters. The molecule has 0 spiro atoms. The molecule has 0 rings (SSSR count). The van der Waals surface area contributed by atoms with E-state index in [1.54, 1.807) is 0 Å². The first-order valence-corrected chi connectivity index (χ1v) is 2.19. The fraction of sp³-hybridized carbons (Fsp3) is 0. The van der Waals surface area contributed by atoms with Crippen molar-refractivity contribution in [2.75, 3.05) is 0 Å². The Labute approximate surface area is 88.7 Å². The molecule has 0 atom stereocenters. The fourth-order valence-corrected chi connectivity index (χ4v) is 0. The molecule has 0 aromatic heterocycles. The quantitative estimate of drug-likeness (QED) is 0.300. The zero-order valence-electron chi connectivity index (χ0n) is 4.16. The maximum atomic E-state index is 8.55. The van der Waals surface area contributed by atoms with Gasteiger partial charge in [0.15, 0.2) is 0 Å². The Bertz CT molecular complexity index is 62.2. The normalized spacial score (nSPS) is 7.38. The predicted octanol–water partition coefficient (Wildman–Crippen LogP) is -6.20. The molecule has 0 N–H and O–H groups in total. The summed E-state index contributed by atoms with van der Waals surface area (Å²) in [6.07, 6.45) is 0. The first-order valence-electron chi connectivity index (χ1n) is 0.730. The van der Waals surface area contributed by atoms with Crippen molar-refractivity contribution < 1.29 is 64.3 Å². The van der Waals surface area contributed by atoms with Gasteiger partial charge in [0.25, 0.3) is 0 Å². The molecule has 32 valence electrons. The summed E-state index contributed by atoms with van der Waals surface area (Å²) < 4.78 is 8.55. The maximum absolute atomic E-state index is 8.55. The van der Waals surface area contributed by atoms with E-state index < -0.39 is 7.82 Å². The molecule has 0 fully saturated rings. The summed E-state index contributed by atoms with van der Waals surface area (Å²) in [6.45, 7) is 0. The van der Waals surface area contributed by atoms with Gasteiger partial charge in [-0.1, -0.05) is 0 Å². The van der Waals surface area contributed by atoms with E-state index in [1.165, 1.54) is 0 Å². The first kappa shape index (κ1) is 22.5. The summed E-state index contributed by atoms with van der Waals surface area (Å²) in [4.78, 5) is 25.6. The molecule has 0 aliphatic rings. The van der Waals surface area contributed by atoms with Crippen LogP contribution in [-0.2, 0) is 30.8 Å². The average molecular weight is 220 g/mol. The van der Waals surface area contributed by atoms with Gasteiger partial charge in [-0.05, 0) is 0 Å². The Morgan fingerprint density at radius 1 is 1.12 bits per heavy atom. The van der Waals surface area contributed by atoms with Crippen LogP contribution in [0.3, 0.4) is 0 Å². The molecule has 0 amide bonds. The summed E-state index contributed by atoms with van der Waals surface area (Å²) in [6, 6.07) is 0. The van der Waals surface area contributed by atoms with Gasteiger partial charge in [-0.2, -0.15) is 7.82 Å². The van der Waals surface area contributed by atoms with Gasteiger partial charge in [-0.25, -0.2) is 0 Å². The van der Waals surface area contributed by atoms with Crippen molar-refractivity contribution in [2.45, 2.75) is 0 Å². The Morgan fingerprint density at radius 3 is 1.12 bits per heavy atom. The van der Waals surface area contributed by atoms with Crippen LogP contribution < -0.4 is 33.5 Å². The number of phosphoric acid groups is 1. The number of rotatable bonds is 0. The van der Waals surface area contributed by atoms with Gasteiger partial charge in [0.1, 0.15) is 0 Å². The molecule has 4 nitrogen and oxygen atoms in total. The molecule has 0 bridgehead atoms. The van der Waals surface area contributed by atoms with E-state index in [4.69, 9.17) is 19.2 Å². The van der Waals surface area contributed by atoms with Crippen LogP contribution in [-0.4, -0.2) is 17.4 Å². The minimum absolute atomic E-state index is 0. The van der Waals surface area contributed by atoms with Crippen molar-refractivity contribution in [1.29, 1.82) is 0 Å². The second kappa shape index (κ2) is 9.12. The second-order valence-electron chi connectivity index (χ2n) is 0.447. The van der Waals surface area contributed by atoms with Crippen molar-refractivity contribution in [3.8, 4) is 0 Å². The van der Waals surface area contributed by atoms with E-state index in [2.05, 4.69) is 0 Å². The minimum atomic E-state index is -5.39. The van der Waals surface area contributed by atoms with Crippen molar-refractivity contribution >= 4 is 25.2 Å². The van der Waals surface area contributed by atoms with Gasteiger partial charge in [0.2, 0.25) is 0 Å². The van der Waals surface area contributed by atoms with Crippen LogP contribution >= 0.6 is 7.82 Å². The molecule has 0 aliphatic heterocycles. The third-order valence-electron chi connectivity index (χ3n) is 0. The largest absolute Gasteiger partial charge is 4.00 e. The molecule has 0 saturated heterocycles. The van der Waals surface area contributed by atoms with Crippen LogP contribution in [0.25, 0.3) is 0 Å². The Kier molecular flexibility index (Phi) is 25.6. The average Bonchev–Trinajstić information content (AvgIpc) is 0.722. The van der Waals surface area contributed by atoms with E-state index in [9.17, 15) is 0 Å².